The standard InChI is InChI=1S/C11H16BrN3O/c12-9-3-1-8(2-4-9)7-13-11(16)10-5-6-14-15-10/h5-6,8-9H,1-4,7H2,(H,13,16)(H,14,15). The Morgan fingerprint density at radius 2 is 2.25 bits per heavy atom. The highest BCUT2D eigenvalue weighted by Crippen LogP contribution is 2.28. The number of halogens is 1. The molecule has 1 aliphatic rings. The summed E-state index contributed by atoms with van der Waals surface area (Å²) < 4.78 is 0. The van der Waals surface area contributed by atoms with E-state index in [1.54, 1.807) is 12.3 Å². The second-order valence-corrected chi connectivity index (χ2v) is 5.59. The van der Waals surface area contributed by atoms with Crippen LogP contribution < -0.4 is 5.32 Å². The van der Waals surface area contributed by atoms with Gasteiger partial charge in [0.2, 0.25) is 0 Å². The van der Waals surface area contributed by atoms with E-state index >= 15 is 0 Å². The van der Waals surface area contributed by atoms with E-state index in [1.165, 1.54) is 25.7 Å². The maximum absolute atomic E-state index is 11.6. The highest BCUT2D eigenvalue weighted by molar-refractivity contribution is 9.09. The van der Waals surface area contributed by atoms with E-state index in [0.29, 0.717) is 16.4 Å². The molecule has 0 radical (unpaired) electrons. The van der Waals surface area contributed by atoms with Crippen molar-refractivity contribution in [1.82, 2.24) is 15.5 Å². The predicted molar refractivity (Wildman–Crippen MR) is 65.6 cm³/mol. The second-order valence-electron chi connectivity index (χ2n) is 4.30. The first-order valence-electron chi connectivity index (χ1n) is 5.67. The Labute approximate surface area is 103 Å². The maximum Gasteiger partial charge on any atom is 0.269 e. The Balaban J connectivity index is 1.73. The first kappa shape index (κ1) is 11.6. The predicted octanol–water partition coefficient (Wildman–Crippen LogP) is 2.09. The van der Waals surface area contributed by atoms with Crippen molar-refractivity contribution in [1.29, 1.82) is 0 Å². The van der Waals surface area contributed by atoms with E-state index in [0.717, 1.165) is 6.54 Å². The van der Waals surface area contributed by atoms with Gasteiger partial charge in [-0.1, -0.05) is 15.9 Å². The zero-order valence-corrected chi connectivity index (χ0v) is 10.7. The molecule has 1 amide bonds. The molecule has 0 unspecified atom stereocenters. The minimum Gasteiger partial charge on any atom is -0.350 e. The van der Waals surface area contributed by atoms with Gasteiger partial charge in [-0.25, -0.2) is 0 Å². The van der Waals surface area contributed by atoms with Gasteiger partial charge in [0.1, 0.15) is 5.69 Å². The number of carbonyl (C=O) groups excluding carboxylic acids is 1. The molecule has 16 heavy (non-hydrogen) atoms. The largest absolute Gasteiger partial charge is 0.350 e. The Morgan fingerprint density at radius 1 is 1.50 bits per heavy atom. The molecular weight excluding hydrogens is 270 g/mol. The van der Waals surface area contributed by atoms with E-state index in [-0.39, 0.29) is 5.91 Å². The molecule has 0 atom stereocenters. The fraction of sp³-hybridized carbons (Fsp3) is 0.636. The summed E-state index contributed by atoms with van der Waals surface area (Å²) in [6, 6.07) is 1.69. The minimum absolute atomic E-state index is 0.0570. The van der Waals surface area contributed by atoms with E-state index in [1.807, 2.05) is 0 Å². The topological polar surface area (TPSA) is 57.8 Å². The summed E-state index contributed by atoms with van der Waals surface area (Å²) in [4.78, 5) is 12.3. The molecule has 1 aromatic heterocycles. The lowest BCUT2D eigenvalue weighted by atomic mass is 9.89. The van der Waals surface area contributed by atoms with Crippen molar-refractivity contribution in [3.05, 3.63) is 18.0 Å². The van der Waals surface area contributed by atoms with Crippen LogP contribution in [0.1, 0.15) is 36.2 Å². The molecule has 1 aromatic rings. The van der Waals surface area contributed by atoms with E-state index in [9.17, 15) is 4.79 Å². The number of hydrogen-bond acceptors (Lipinski definition) is 2. The zero-order chi connectivity index (χ0) is 11.4. The van der Waals surface area contributed by atoms with Crippen LogP contribution in [0.4, 0.5) is 0 Å². The van der Waals surface area contributed by atoms with Gasteiger partial charge in [-0.3, -0.25) is 9.89 Å². The summed E-state index contributed by atoms with van der Waals surface area (Å²) in [5.41, 5.74) is 0.536. The van der Waals surface area contributed by atoms with Crippen LogP contribution in [0.2, 0.25) is 0 Å². The molecule has 1 aliphatic carbocycles. The van der Waals surface area contributed by atoms with E-state index in [4.69, 9.17) is 0 Å². The molecule has 88 valence electrons. The molecule has 1 saturated carbocycles. The number of hydrogen-bond donors (Lipinski definition) is 2. The molecule has 0 bridgehead atoms. The third-order valence-electron chi connectivity index (χ3n) is 3.07. The summed E-state index contributed by atoms with van der Waals surface area (Å²) in [6.07, 6.45) is 6.40. The Kier molecular flexibility index (Phi) is 3.98. The SMILES string of the molecule is O=C(NCC1CCC(Br)CC1)c1ccn[nH]1. The van der Waals surface area contributed by atoms with Crippen LogP contribution in [0.5, 0.6) is 0 Å². The van der Waals surface area contributed by atoms with Crippen molar-refractivity contribution in [3.63, 3.8) is 0 Å². The van der Waals surface area contributed by atoms with Crippen molar-refractivity contribution in [3.8, 4) is 0 Å². The van der Waals surface area contributed by atoms with Gasteiger partial charge in [0.05, 0.1) is 0 Å². The van der Waals surface area contributed by atoms with Gasteiger partial charge in [-0.15, -0.1) is 0 Å². The highest BCUT2D eigenvalue weighted by atomic mass is 79.9. The van der Waals surface area contributed by atoms with Crippen LogP contribution in [0, 0.1) is 5.92 Å². The quantitative estimate of drug-likeness (QED) is 0.836. The van der Waals surface area contributed by atoms with Gasteiger partial charge in [-0.2, -0.15) is 5.10 Å². The lowest BCUT2D eigenvalue weighted by molar-refractivity contribution is 0.0939. The number of nitrogens with one attached hydrogen (secondary N) is 2. The first-order chi connectivity index (χ1) is 7.75. The van der Waals surface area contributed by atoms with Gasteiger partial charge in [0.25, 0.3) is 5.91 Å². The number of H-pyrrole nitrogens is 1. The molecule has 1 heterocycles. The molecule has 1 fully saturated rings. The lowest BCUT2D eigenvalue weighted by Gasteiger charge is -2.25. The van der Waals surface area contributed by atoms with Crippen molar-refractivity contribution in [2.45, 2.75) is 30.5 Å². The Hall–Kier alpha value is -0.840. The summed E-state index contributed by atoms with van der Waals surface area (Å²) >= 11 is 3.63. The number of aromatic nitrogens is 2. The second kappa shape index (κ2) is 5.48. The minimum atomic E-state index is -0.0570. The third-order valence-corrected chi connectivity index (χ3v) is 3.99. The van der Waals surface area contributed by atoms with Gasteiger partial charge >= 0.3 is 0 Å². The molecule has 2 rings (SSSR count). The summed E-state index contributed by atoms with van der Waals surface area (Å²) in [5.74, 6) is 0.569. The number of amides is 1. The average Bonchev–Trinajstić information content (AvgIpc) is 2.81. The van der Waals surface area contributed by atoms with Crippen molar-refractivity contribution in [2.24, 2.45) is 5.92 Å². The number of carbonyl (C=O) groups is 1. The van der Waals surface area contributed by atoms with Gasteiger partial charge in [-0.05, 0) is 37.7 Å². The number of rotatable bonds is 3. The molecule has 2 N–H and O–H groups in total. The third kappa shape index (κ3) is 3.07. The summed E-state index contributed by atoms with van der Waals surface area (Å²) in [7, 11) is 0. The number of alkyl halides is 1. The lowest BCUT2D eigenvalue weighted by Crippen LogP contribution is -2.31. The van der Waals surface area contributed by atoms with Crippen LogP contribution in [0.25, 0.3) is 0 Å². The van der Waals surface area contributed by atoms with Crippen LogP contribution in [0.3, 0.4) is 0 Å². The fourth-order valence-corrected chi connectivity index (χ4v) is 2.57. The fourth-order valence-electron chi connectivity index (χ4n) is 2.04. The van der Waals surface area contributed by atoms with Crippen molar-refractivity contribution < 1.29 is 4.79 Å². The molecule has 4 nitrogen and oxygen atoms in total. The molecule has 5 heteroatoms. The first-order valence-corrected chi connectivity index (χ1v) is 6.59. The molecular formula is C11H16BrN3O. The van der Waals surface area contributed by atoms with Crippen molar-refractivity contribution in [2.75, 3.05) is 6.54 Å². The van der Waals surface area contributed by atoms with Crippen LogP contribution in [0.15, 0.2) is 12.3 Å². The highest BCUT2D eigenvalue weighted by Gasteiger charge is 2.19. The van der Waals surface area contributed by atoms with Crippen LogP contribution in [-0.2, 0) is 0 Å². The molecule has 0 spiro atoms. The maximum atomic E-state index is 11.6. The average molecular weight is 286 g/mol. The van der Waals surface area contributed by atoms with Gasteiger partial charge < -0.3 is 5.32 Å². The summed E-state index contributed by atoms with van der Waals surface area (Å²) in [6.45, 7) is 0.775. The molecule has 0 aliphatic heterocycles. The van der Waals surface area contributed by atoms with Gasteiger partial charge in [0, 0.05) is 17.6 Å². The van der Waals surface area contributed by atoms with Crippen LogP contribution in [-0.4, -0.2) is 27.5 Å². The monoisotopic (exact) mass is 285 g/mol. The molecule has 0 aromatic carbocycles. The van der Waals surface area contributed by atoms with Crippen LogP contribution >= 0.6 is 15.9 Å². The normalized spacial score (nSPS) is 25.3. The van der Waals surface area contributed by atoms with Crippen molar-refractivity contribution >= 4 is 21.8 Å². The Morgan fingerprint density at radius 3 is 2.88 bits per heavy atom. The van der Waals surface area contributed by atoms with E-state index in [2.05, 4.69) is 31.4 Å². The zero-order valence-electron chi connectivity index (χ0n) is 9.08. The number of nitrogens with zero attached hydrogens (tertiary/aromatic N) is 1. The smallest absolute Gasteiger partial charge is 0.269 e. The molecule has 0 saturated heterocycles. The Bertz CT molecular complexity index is 331. The number of aromatic amines is 1. The summed E-state index contributed by atoms with van der Waals surface area (Å²) in [5, 5.41) is 9.36. The van der Waals surface area contributed by atoms with E-state index < -0.39 is 0 Å². The van der Waals surface area contributed by atoms with Gasteiger partial charge in [0.15, 0.2) is 0 Å².